The molecule has 0 aromatic heterocycles. The number of halogens is 2. The molecule has 0 amide bonds. The number of carbonyl (C=O) groups is 1. The Morgan fingerprint density at radius 1 is 0.773 bits per heavy atom. The predicted octanol–water partition coefficient (Wildman–Crippen LogP) is 6.04. The van der Waals surface area contributed by atoms with Crippen molar-refractivity contribution >= 4 is 49.8 Å². The summed E-state index contributed by atoms with van der Waals surface area (Å²) in [6, 6.07) is 16.0. The van der Waals surface area contributed by atoms with Gasteiger partial charge < -0.3 is 0 Å². The third kappa shape index (κ3) is 3.65. The minimum atomic E-state index is 0.167. The zero-order valence-corrected chi connectivity index (χ0v) is 15.0. The first-order valence-corrected chi connectivity index (χ1v) is 8.67. The molecule has 0 radical (unpaired) electrons. The molecular formula is C19H14Br2O. The Balaban J connectivity index is 1.86. The Morgan fingerprint density at radius 3 is 1.64 bits per heavy atom. The SMILES string of the molecule is O=C1/C(=C\c2cccc(Br)c2)CC/C1=C\c1cccc(Br)c1. The lowest BCUT2D eigenvalue weighted by molar-refractivity contribution is -0.111. The molecule has 1 aliphatic rings. The van der Waals surface area contributed by atoms with Crippen LogP contribution in [-0.2, 0) is 4.79 Å². The summed E-state index contributed by atoms with van der Waals surface area (Å²) in [4.78, 5) is 12.5. The van der Waals surface area contributed by atoms with E-state index >= 15 is 0 Å². The fraction of sp³-hybridized carbons (Fsp3) is 0.105. The van der Waals surface area contributed by atoms with Gasteiger partial charge in [-0.15, -0.1) is 0 Å². The van der Waals surface area contributed by atoms with Gasteiger partial charge in [-0.25, -0.2) is 0 Å². The fourth-order valence-corrected chi connectivity index (χ4v) is 3.41. The Morgan fingerprint density at radius 2 is 1.23 bits per heavy atom. The van der Waals surface area contributed by atoms with E-state index in [4.69, 9.17) is 0 Å². The van der Waals surface area contributed by atoms with Crippen LogP contribution in [0.3, 0.4) is 0 Å². The Bertz CT molecular complexity index is 722. The quantitative estimate of drug-likeness (QED) is 0.544. The first-order chi connectivity index (χ1) is 10.6. The highest BCUT2D eigenvalue weighted by atomic mass is 79.9. The van der Waals surface area contributed by atoms with Crippen molar-refractivity contribution in [1.82, 2.24) is 0 Å². The van der Waals surface area contributed by atoms with Crippen molar-refractivity contribution in [2.45, 2.75) is 12.8 Å². The van der Waals surface area contributed by atoms with E-state index in [1.807, 2.05) is 60.7 Å². The van der Waals surface area contributed by atoms with E-state index in [1.54, 1.807) is 0 Å². The molecule has 2 aromatic rings. The Labute approximate surface area is 147 Å². The molecule has 1 aliphatic carbocycles. The second kappa shape index (κ2) is 6.76. The Hall–Kier alpha value is -1.45. The number of Topliss-reactive ketones (excluding diaryl/α,β-unsaturated/α-hetero) is 1. The first kappa shape index (κ1) is 15.4. The standard InChI is InChI=1S/C19H14Br2O/c20-17-5-1-3-13(11-17)9-15-7-8-16(19(15)22)10-14-4-2-6-18(21)12-14/h1-6,9-12H,7-8H2/b15-9-,16-10+. The Kier molecular flexibility index (Phi) is 4.74. The van der Waals surface area contributed by atoms with Crippen LogP contribution in [-0.4, -0.2) is 5.78 Å². The summed E-state index contributed by atoms with van der Waals surface area (Å²) >= 11 is 6.92. The van der Waals surface area contributed by atoms with Gasteiger partial charge in [0, 0.05) is 20.1 Å². The molecule has 1 nitrogen and oxygen atoms in total. The van der Waals surface area contributed by atoms with Gasteiger partial charge in [-0.05, 0) is 60.4 Å². The molecule has 0 unspecified atom stereocenters. The molecule has 0 bridgehead atoms. The van der Waals surface area contributed by atoms with Crippen LogP contribution in [0.4, 0.5) is 0 Å². The second-order valence-corrected chi connectivity index (χ2v) is 7.11. The zero-order chi connectivity index (χ0) is 15.5. The van der Waals surface area contributed by atoms with Crippen molar-refractivity contribution in [3.63, 3.8) is 0 Å². The number of ketones is 1. The van der Waals surface area contributed by atoms with Gasteiger partial charge in [0.05, 0.1) is 0 Å². The molecule has 0 heterocycles. The molecule has 22 heavy (non-hydrogen) atoms. The largest absolute Gasteiger partial charge is 0.289 e. The van der Waals surface area contributed by atoms with Crippen molar-refractivity contribution < 1.29 is 4.79 Å². The fourth-order valence-electron chi connectivity index (χ4n) is 2.57. The molecule has 0 atom stereocenters. The smallest absolute Gasteiger partial charge is 0.185 e. The van der Waals surface area contributed by atoms with Gasteiger partial charge >= 0.3 is 0 Å². The molecule has 3 heteroatoms. The summed E-state index contributed by atoms with van der Waals surface area (Å²) < 4.78 is 2.05. The monoisotopic (exact) mass is 416 g/mol. The van der Waals surface area contributed by atoms with E-state index < -0.39 is 0 Å². The van der Waals surface area contributed by atoms with Crippen LogP contribution in [0.25, 0.3) is 12.2 Å². The normalized spacial score (nSPS) is 18.4. The van der Waals surface area contributed by atoms with Crippen LogP contribution in [0.5, 0.6) is 0 Å². The molecule has 3 rings (SSSR count). The second-order valence-electron chi connectivity index (χ2n) is 5.28. The summed E-state index contributed by atoms with van der Waals surface area (Å²) in [5, 5.41) is 0. The van der Waals surface area contributed by atoms with E-state index in [2.05, 4.69) is 31.9 Å². The summed E-state index contributed by atoms with van der Waals surface area (Å²) in [5.74, 6) is 0.167. The number of benzene rings is 2. The molecule has 1 fully saturated rings. The maximum atomic E-state index is 12.5. The first-order valence-electron chi connectivity index (χ1n) is 7.09. The molecule has 0 N–H and O–H groups in total. The van der Waals surface area contributed by atoms with Crippen LogP contribution in [0.1, 0.15) is 24.0 Å². The highest BCUT2D eigenvalue weighted by Crippen LogP contribution is 2.30. The maximum Gasteiger partial charge on any atom is 0.185 e. The van der Waals surface area contributed by atoms with Crippen LogP contribution in [0, 0.1) is 0 Å². The van der Waals surface area contributed by atoms with Crippen molar-refractivity contribution in [2.75, 3.05) is 0 Å². The molecule has 110 valence electrons. The number of carbonyl (C=O) groups excluding carboxylic acids is 1. The van der Waals surface area contributed by atoms with E-state index in [0.29, 0.717) is 0 Å². The lowest BCUT2D eigenvalue weighted by Crippen LogP contribution is -1.95. The molecule has 0 spiro atoms. The van der Waals surface area contributed by atoms with Gasteiger partial charge in [0.2, 0.25) is 0 Å². The predicted molar refractivity (Wildman–Crippen MR) is 98.5 cm³/mol. The van der Waals surface area contributed by atoms with Crippen molar-refractivity contribution in [2.24, 2.45) is 0 Å². The topological polar surface area (TPSA) is 17.1 Å². The van der Waals surface area contributed by atoms with Crippen LogP contribution >= 0.6 is 31.9 Å². The van der Waals surface area contributed by atoms with Gasteiger partial charge in [-0.1, -0.05) is 56.1 Å². The van der Waals surface area contributed by atoms with E-state index in [-0.39, 0.29) is 5.78 Å². The molecule has 0 aliphatic heterocycles. The van der Waals surface area contributed by atoms with E-state index in [1.165, 1.54) is 0 Å². The summed E-state index contributed by atoms with van der Waals surface area (Å²) in [6.45, 7) is 0. The minimum absolute atomic E-state index is 0.167. The number of hydrogen-bond donors (Lipinski definition) is 0. The molecule has 0 saturated heterocycles. The summed E-state index contributed by atoms with van der Waals surface area (Å²) in [5.41, 5.74) is 3.89. The zero-order valence-electron chi connectivity index (χ0n) is 11.9. The van der Waals surface area contributed by atoms with Crippen molar-refractivity contribution in [1.29, 1.82) is 0 Å². The number of rotatable bonds is 2. The van der Waals surface area contributed by atoms with Crippen molar-refractivity contribution in [3.8, 4) is 0 Å². The third-order valence-electron chi connectivity index (χ3n) is 3.63. The van der Waals surface area contributed by atoms with Gasteiger partial charge in [0.25, 0.3) is 0 Å². The van der Waals surface area contributed by atoms with Crippen LogP contribution in [0.2, 0.25) is 0 Å². The van der Waals surface area contributed by atoms with Gasteiger partial charge in [0.15, 0.2) is 5.78 Å². The molecular weight excluding hydrogens is 404 g/mol. The maximum absolute atomic E-state index is 12.5. The number of hydrogen-bond acceptors (Lipinski definition) is 1. The van der Waals surface area contributed by atoms with Gasteiger partial charge in [-0.3, -0.25) is 4.79 Å². The average molecular weight is 418 g/mol. The summed E-state index contributed by atoms with van der Waals surface area (Å²) in [6.07, 6.45) is 5.61. The van der Waals surface area contributed by atoms with Crippen molar-refractivity contribution in [3.05, 3.63) is 79.7 Å². The summed E-state index contributed by atoms with van der Waals surface area (Å²) in [7, 11) is 0. The molecule has 2 aromatic carbocycles. The van der Waals surface area contributed by atoms with Gasteiger partial charge in [0.1, 0.15) is 0 Å². The van der Waals surface area contributed by atoms with E-state index in [0.717, 1.165) is 44.1 Å². The highest BCUT2D eigenvalue weighted by Gasteiger charge is 2.22. The lowest BCUT2D eigenvalue weighted by atomic mass is 10.1. The lowest BCUT2D eigenvalue weighted by Gasteiger charge is -1.99. The third-order valence-corrected chi connectivity index (χ3v) is 4.61. The average Bonchev–Trinajstić information content (AvgIpc) is 2.80. The highest BCUT2D eigenvalue weighted by molar-refractivity contribution is 9.10. The van der Waals surface area contributed by atoms with Crippen LogP contribution < -0.4 is 0 Å². The van der Waals surface area contributed by atoms with Gasteiger partial charge in [-0.2, -0.15) is 0 Å². The van der Waals surface area contributed by atoms with E-state index in [9.17, 15) is 4.79 Å². The van der Waals surface area contributed by atoms with Crippen LogP contribution in [0.15, 0.2) is 68.6 Å². The molecule has 1 saturated carbocycles. The number of allylic oxidation sites excluding steroid dienone is 2. The minimum Gasteiger partial charge on any atom is -0.289 e.